The minimum absolute atomic E-state index is 0.0158. The van der Waals surface area contributed by atoms with Gasteiger partial charge in [0, 0.05) is 18.6 Å². The molecule has 0 heterocycles. The van der Waals surface area contributed by atoms with Crippen molar-refractivity contribution in [2.24, 2.45) is 0 Å². The summed E-state index contributed by atoms with van der Waals surface area (Å²) in [6.45, 7) is 1.58. The molecule has 0 radical (unpaired) electrons. The van der Waals surface area contributed by atoms with Gasteiger partial charge in [-0.3, -0.25) is 14.9 Å². The Balaban J connectivity index is 2.91. The number of carbonyl (C=O) groups excluding carboxylic acids is 1. The Kier molecular flexibility index (Phi) is 1.85. The van der Waals surface area contributed by atoms with E-state index in [0.717, 1.165) is 0 Å². The van der Waals surface area contributed by atoms with Crippen LogP contribution >= 0.6 is 0 Å². The average molecular weight is 153 g/mol. The number of nitrogens with zero attached hydrogens (tertiary/aromatic N) is 1. The van der Waals surface area contributed by atoms with Crippen molar-refractivity contribution in [3.63, 3.8) is 0 Å². The molecule has 0 atom stereocenters. The monoisotopic (exact) mass is 153 g/mol. The van der Waals surface area contributed by atoms with E-state index < -0.39 is 4.92 Å². The van der Waals surface area contributed by atoms with Crippen molar-refractivity contribution in [2.45, 2.75) is 13.3 Å². The molecule has 0 fully saturated rings. The molecule has 0 spiro atoms. The highest BCUT2D eigenvalue weighted by atomic mass is 16.6. The van der Waals surface area contributed by atoms with Gasteiger partial charge in [0.2, 0.25) is 0 Å². The standard InChI is InChI=1S/C7H7NO3/c1-5-4-6(8(10)11)2-3-7(5)9/h2,4H,3H2,1H3. The molecule has 0 unspecified atom stereocenters. The molecule has 11 heavy (non-hydrogen) atoms. The lowest BCUT2D eigenvalue weighted by Gasteiger charge is -2.01. The molecule has 0 saturated carbocycles. The Labute approximate surface area is 63.4 Å². The number of hydrogen-bond acceptors (Lipinski definition) is 3. The van der Waals surface area contributed by atoms with Gasteiger partial charge in [-0.05, 0) is 12.5 Å². The summed E-state index contributed by atoms with van der Waals surface area (Å²) in [5, 5.41) is 10.2. The van der Waals surface area contributed by atoms with E-state index in [0.29, 0.717) is 5.57 Å². The Morgan fingerprint density at radius 3 is 2.73 bits per heavy atom. The Hall–Kier alpha value is -1.45. The molecule has 0 bridgehead atoms. The van der Waals surface area contributed by atoms with Gasteiger partial charge >= 0.3 is 0 Å². The normalized spacial score (nSPS) is 17.4. The summed E-state index contributed by atoms with van der Waals surface area (Å²) in [4.78, 5) is 20.5. The summed E-state index contributed by atoms with van der Waals surface area (Å²) in [7, 11) is 0. The summed E-state index contributed by atoms with van der Waals surface area (Å²) >= 11 is 0. The van der Waals surface area contributed by atoms with Crippen LogP contribution in [-0.2, 0) is 4.79 Å². The highest BCUT2D eigenvalue weighted by Gasteiger charge is 2.16. The third-order valence-corrected chi connectivity index (χ3v) is 1.51. The fourth-order valence-corrected chi connectivity index (χ4v) is 0.847. The highest BCUT2D eigenvalue weighted by Crippen LogP contribution is 2.13. The predicted octanol–water partition coefficient (Wildman–Crippen LogP) is 1.07. The van der Waals surface area contributed by atoms with Gasteiger partial charge in [-0.15, -0.1) is 0 Å². The van der Waals surface area contributed by atoms with Crippen molar-refractivity contribution in [1.82, 2.24) is 0 Å². The zero-order valence-corrected chi connectivity index (χ0v) is 6.03. The third kappa shape index (κ3) is 1.52. The van der Waals surface area contributed by atoms with Crippen LogP contribution in [0.25, 0.3) is 0 Å². The lowest BCUT2D eigenvalue weighted by molar-refractivity contribution is -0.419. The quantitative estimate of drug-likeness (QED) is 0.418. The number of ketones is 1. The molecule has 0 aromatic rings. The van der Waals surface area contributed by atoms with Gasteiger partial charge in [-0.2, -0.15) is 0 Å². The molecule has 4 nitrogen and oxygen atoms in total. The topological polar surface area (TPSA) is 60.2 Å². The lowest BCUT2D eigenvalue weighted by atomic mass is 10.0. The highest BCUT2D eigenvalue weighted by molar-refractivity contribution is 5.97. The number of Topliss-reactive ketones (excluding diaryl/α,β-unsaturated/α-hetero) is 1. The molecule has 0 aromatic carbocycles. The fourth-order valence-electron chi connectivity index (χ4n) is 0.847. The zero-order chi connectivity index (χ0) is 8.43. The van der Waals surface area contributed by atoms with E-state index in [1.807, 2.05) is 0 Å². The molecule has 1 aliphatic rings. The molecule has 58 valence electrons. The van der Waals surface area contributed by atoms with Crippen molar-refractivity contribution >= 4 is 5.78 Å². The van der Waals surface area contributed by atoms with Crippen molar-refractivity contribution in [3.8, 4) is 0 Å². The van der Waals surface area contributed by atoms with Gasteiger partial charge in [-0.25, -0.2) is 0 Å². The number of nitro groups is 1. The van der Waals surface area contributed by atoms with E-state index in [9.17, 15) is 14.9 Å². The minimum Gasteiger partial charge on any atom is -0.294 e. The lowest BCUT2D eigenvalue weighted by Crippen LogP contribution is -2.07. The number of hydrogen-bond donors (Lipinski definition) is 0. The van der Waals surface area contributed by atoms with Crippen LogP contribution in [0.4, 0.5) is 0 Å². The Morgan fingerprint density at radius 1 is 1.64 bits per heavy atom. The van der Waals surface area contributed by atoms with Crippen LogP contribution in [0.15, 0.2) is 23.4 Å². The van der Waals surface area contributed by atoms with E-state index in [1.54, 1.807) is 6.92 Å². The second-order valence-electron chi connectivity index (χ2n) is 2.34. The summed E-state index contributed by atoms with van der Waals surface area (Å²) < 4.78 is 0. The molecule has 0 aliphatic heterocycles. The maximum absolute atomic E-state index is 10.8. The van der Waals surface area contributed by atoms with Gasteiger partial charge in [0.05, 0.1) is 4.92 Å². The SMILES string of the molecule is CC1=CC([N+](=O)[O-])=CCC1=O. The molecule has 4 heteroatoms. The summed E-state index contributed by atoms with van der Waals surface area (Å²) in [6.07, 6.45) is 2.78. The van der Waals surface area contributed by atoms with E-state index in [2.05, 4.69) is 0 Å². The van der Waals surface area contributed by atoms with E-state index in [4.69, 9.17) is 0 Å². The van der Waals surface area contributed by atoms with E-state index in [-0.39, 0.29) is 17.9 Å². The van der Waals surface area contributed by atoms with Crippen molar-refractivity contribution in [3.05, 3.63) is 33.5 Å². The van der Waals surface area contributed by atoms with Crippen LogP contribution in [-0.4, -0.2) is 10.7 Å². The second kappa shape index (κ2) is 2.65. The molecule has 0 amide bonds. The van der Waals surface area contributed by atoms with E-state index >= 15 is 0 Å². The molecule has 0 N–H and O–H groups in total. The number of allylic oxidation sites excluding steroid dienone is 3. The summed E-state index contributed by atoms with van der Waals surface area (Å²) in [5.41, 5.74) is 0.473. The first-order valence-electron chi connectivity index (χ1n) is 3.17. The van der Waals surface area contributed by atoms with Crippen LogP contribution < -0.4 is 0 Å². The van der Waals surface area contributed by atoms with Gasteiger partial charge in [-0.1, -0.05) is 0 Å². The van der Waals surface area contributed by atoms with Crippen LogP contribution in [0.1, 0.15) is 13.3 Å². The first-order valence-corrected chi connectivity index (χ1v) is 3.17. The van der Waals surface area contributed by atoms with Crippen molar-refractivity contribution in [1.29, 1.82) is 0 Å². The van der Waals surface area contributed by atoms with Crippen LogP contribution in [0, 0.1) is 10.1 Å². The van der Waals surface area contributed by atoms with E-state index in [1.165, 1.54) is 12.2 Å². The molecule has 0 aromatic heterocycles. The van der Waals surface area contributed by atoms with Crippen molar-refractivity contribution in [2.75, 3.05) is 0 Å². The first kappa shape index (κ1) is 7.65. The maximum atomic E-state index is 10.8. The molecular weight excluding hydrogens is 146 g/mol. The van der Waals surface area contributed by atoms with Crippen molar-refractivity contribution < 1.29 is 9.72 Å². The first-order chi connectivity index (χ1) is 5.11. The largest absolute Gasteiger partial charge is 0.294 e. The van der Waals surface area contributed by atoms with Crippen LogP contribution in [0.5, 0.6) is 0 Å². The smallest absolute Gasteiger partial charge is 0.266 e. The number of rotatable bonds is 1. The average Bonchev–Trinajstić information content (AvgIpc) is 1.94. The van der Waals surface area contributed by atoms with Gasteiger partial charge < -0.3 is 0 Å². The van der Waals surface area contributed by atoms with Crippen LogP contribution in [0.2, 0.25) is 0 Å². The maximum Gasteiger partial charge on any atom is 0.266 e. The molecule has 0 saturated heterocycles. The molecule has 1 rings (SSSR count). The second-order valence-corrected chi connectivity index (χ2v) is 2.34. The van der Waals surface area contributed by atoms with Crippen LogP contribution in [0.3, 0.4) is 0 Å². The van der Waals surface area contributed by atoms with Gasteiger partial charge in [0.15, 0.2) is 5.78 Å². The predicted molar refractivity (Wildman–Crippen MR) is 38.5 cm³/mol. The number of carbonyl (C=O) groups is 1. The fraction of sp³-hybridized carbons (Fsp3) is 0.286. The summed E-state index contributed by atoms with van der Waals surface area (Å²) in [5.74, 6) is -0.0457. The summed E-state index contributed by atoms with van der Waals surface area (Å²) in [6, 6.07) is 0. The third-order valence-electron chi connectivity index (χ3n) is 1.51. The molecule has 1 aliphatic carbocycles. The minimum atomic E-state index is -0.490. The van der Waals surface area contributed by atoms with Gasteiger partial charge in [0.1, 0.15) is 0 Å². The molecular formula is C7H7NO3. The van der Waals surface area contributed by atoms with Gasteiger partial charge in [0.25, 0.3) is 5.70 Å². The Morgan fingerprint density at radius 2 is 2.27 bits per heavy atom. The zero-order valence-electron chi connectivity index (χ0n) is 6.03. The Bertz CT molecular complexity index is 275.